The highest BCUT2D eigenvalue weighted by atomic mass is 32.1. The number of aliphatic carboxylic acids is 1. The number of hydrogen-bond donors (Lipinski definition) is 7. The van der Waals surface area contributed by atoms with Crippen molar-refractivity contribution < 1.29 is 29.1 Å². The van der Waals surface area contributed by atoms with Gasteiger partial charge in [-0.25, -0.2) is 4.79 Å². The summed E-state index contributed by atoms with van der Waals surface area (Å²) >= 11 is 3.95. The molecule has 4 amide bonds. The Morgan fingerprint density at radius 2 is 1.47 bits per heavy atom. The molecule has 0 bridgehead atoms. The van der Waals surface area contributed by atoms with Gasteiger partial charge < -0.3 is 32.5 Å². The molecule has 12 heteroatoms. The molecule has 0 rings (SSSR count). The standard InChI is InChI=1S/C18H33N5O6S/c1-5-9(4)14(23-15(25)10(19)7-30)17(27)21-11(6-12(20)24)16(26)22-13(8(2)3)18(28)29/h8-11,13-14,30H,5-7,19H2,1-4H3,(H2,20,24)(H,21,27)(H,22,26)(H,23,25)(H,28,29). The van der Waals surface area contributed by atoms with Crippen molar-refractivity contribution in [3.8, 4) is 0 Å². The number of amides is 4. The summed E-state index contributed by atoms with van der Waals surface area (Å²) in [5.74, 6) is -4.99. The van der Waals surface area contributed by atoms with E-state index in [1.807, 2.05) is 6.92 Å². The third-order valence-electron chi connectivity index (χ3n) is 4.60. The quantitative estimate of drug-likeness (QED) is 0.164. The van der Waals surface area contributed by atoms with Crippen LogP contribution in [0, 0.1) is 11.8 Å². The van der Waals surface area contributed by atoms with Crippen LogP contribution in [0.1, 0.15) is 40.5 Å². The largest absolute Gasteiger partial charge is 0.480 e. The number of carbonyl (C=O) groups is 5. The topological polar surface area (TPSA) is 194 Å². The van der Waals surface area contributed by atoms with Crippen molar-refractivity contribution in [3.05, 3.63) is 0 Å². The van der Waals surface area contributed by atoms with Crippen molar-refractivity contribution in [2.45, 2.75) is 64.7 Å². The maximum absolute atomic E-state index is 12.8. The molecule has 30 heavy (non-hydrogen) atoms. The molecule has 0 aliphatic heterocycles. The monoisotopic (exact) mass is 447 g/mol. The summed E-state index contributed by atoms with van der Waals surface area (Å²) < 4.78 is 0. The van der Waals surface area contributed by atoms with E-state index in [0.717, 1.165) is 0 Å². The van der Waals surface area contributed by atoms with E-state index >= 15 is 0 Å². The molecule has 0 radical (unpaired) electrons. The zero-order valence-electron chi connectivity index (χ0n) is 17.7. The Kier molecular flexibility index (Phi) is 12.0. The van der Waals surface area contributed by atoms with Crippen LogP contribution in [0.3, 0.4) is 0 Å². The minimum Gasteiger partial charge on any atom is -0.480 e. The average molecular weight is 448 g/mol. The molecule has 5 unspecified atom stereocenters. The summed E-state index contributed by atoms with van der Waals surface area (Å²) in [6, 6.07) is -4.59. The first-order valence-electron chi connectivity index (χ1n) is 9.64. The predicted octanol–water partition coefficient (Wildman–Crippen LogP) is -1.64. The Morgan fingerprint density at radius 1 is 0.933 bits per heavy atom. The predicted molar refractivity (Wildman–Crippen MR) is 113 cm³/mol. The molecule has 5 atom stereocenters. The normalized spacial score (nSPS) is 16.0. The van der Waals surface area contributed by atoms with Crippen LogP contribution in [0.15, 0.2) is 0 Å². The molecular weight excluding hydrogens is 414 g/mol. The summed E-state index contributed by atoms with van der Waals surface area (Å²) in [7, 11) is 0. The van der Waals surface area contributed by atoms with Crippen LogP contribution in [0.4, 0.5) is 0 Å². The zero-order chi connectivity index (χ0) is 23.6. The van der Waals surface area contributed by atoms with Crippen molar-refractivity contribution in [2.24, 2.45) is 23.3 Å². The summed E-state index contributed by atoms with van der Waals surface area (Å²) in [5, 5.41) is 16.5. The fourth-order valence-electron chi connectivity index (χ4n) is 2.48. The van der Waals surface area contributed by atoms with E-state index in [-0.39, 0.29) is 11.7 Å². The number of thiol groups is 1. The molecule has 11 nitrogen and oxygen atoms in total. The minimum atomic E-state index is -1.40. The highest BCUT2D eigenvalue weighted by Gasteiger charge is 2.33. The van der Waals surface area contributed by atoms with Crippen molar-refractivity contribution in [3.63, 3.8) is 0 Å². The van der Waals surface area contributed by atoms with Gasteiger partial charge in [0.1, 0.15) is 18.1 Å². The lowest BCUT2D eigenvalue weighted by atomic mass is 9.97. The molecule has 0 aromatic heterocycles. The molecular formula is C18H33N5O6S. The summed E-state index contributed by atoms with van der Waals surface area (Å²) in [4.78, 5) is 60.2. The summed E-state index contributed by atoms with van der Waals surface area (Å²) in [5.41, 5.74) is 10.8. The summed E-state index contributed by atoms with van der Waals surface area (Å²) in [6.07, 6.45) is -0.0189. The van der Waals surface area contributed by atoms with Crippen LogP contribution < -0.4 is 27.4 Å². The fourth-order valence-corrected chi connectivity index (χ4v) is 2.65. The third-order valence-corrected chi connectivity index (χ3v) is 4.99. The van der Waals surface area contributed by atoms with Gasteiger partial charge in [-0.2, -0.15) is 12.6 Å². The third kappa shape index (κ3) is 8.99. The lowest BCUT2D eigenvalue weighted by Crippen LogP contribution is -2.59. The molecule has 0 saturated heterocycles. The maximum Gasteiger partial charge on any atom is 0.326 e. The number of carboxylic acids is 1. The van der Waals surface area contributed by atoms with Crippen molar-refractivity contribution in [1.82, 2.24) is 16.0 Å². The van der Waals surface area contributed by atoms with Crippen LogP contribution in [0.25, 0.3) is 0 Å². The number of hydrogen-bond acceptors (Lipinski definition) is 7. The van der Waals surface area contributed by atoms with Gasteiger partial charge >= 0.3 is 5.97 Å². The Labute approximate surface area is 181 Å². The number of primary amides is 1. The first-order chi connectivity index (χ1) is 13.8. The van der Waals surface area contributed by atoms with Gasteiger partial charge in [0.05, 0.1) is 12.5 Å². The van der Waals surface area contributed by atoms with Crippen LogP contribution in [0.5, 0.6) is 0 Å². The molecule has 0 aliphatic carbocycles. The first kappa shape index (κ1) is 27.7. The van der Waals surface area contributed by atoms with E-state index in [1.54, 1.807) is 20.8 Å². The number of carboxylic acid groups (broad SMARTS) is 1. The molecule has 0 aromatic rings. The van der Waals surface area contributed by atoms with Gasteiger partial charge in [0, 0.05) is 5.75 Å². The Bertz CT molecular complexity index is 645. The number of carbonyl (C=O) groups excluding carboxylic acids is 4. The molecule has 0 spiro atoms. The molecule has 0 saturated carbocycles. The van der Waals surface area contributed by atoms with E-state index in [2.05, 4.69) is 28.6 Å². The molecule has 0 aliphatic rings. The van der Waals surface area contributed by atoms with E-state index in [0.29, 0.717) is 6.42 Å². The highest BCUT2D eigenvalue weighted by Crippen LogP contribution is 2.10. The van der Waals surface area contributed by atoms with Crippen LogP contribution in [0.2, 0.25) is 0 Å². The molecule has 0 aromatic carbocycles. The average Bonchev–Trinajstić information content (AvgIpc) is 2.66. The van der Waals surface area contributed by atoms with E-state index < -0.39 is 66.1 Å². The van der Waals surface area contributed by atoms with Gasteiger partial charge in [0.15, 0.2) is 0 Å². The molecule has 0 heterocycles. The van der Waals surface area contributed by atoms with E-state index in [4.69, 9.17) is 11.5 Å². The lowest BCUT2D eigenvalue weighted by Gasteiger charge is -2.28. The second-order valence-electron chi connectivity index (χ2n) is 7.46. The van der Waals surface area contributed by atoms with Crippen LogP contribution >= 0.6 is 12.6 Å². The maximum atomic E-state index is 12.8. The van der Waals surface area contributed by atoms with Gasteiger partial charge in [0.25, 0.3) is 0 Å². The highest BCUT2D eigenvalue weighted by molar-refractivity contribution is 7.80. The Balaban J connectivity index is 5.54. The van der Waals surface area contributed by atoms with E-state index in [9.17, 15) is 29.1 Å². The van der Waals surface area contributed by atoms with Crippen molar-refractivity contribution in [1.29, 1.82) is 0 Å². The fraction of sp³-hybridized carbons (Fsp3) is 0.722. The SMILES string of the molecule is CCC(C)C(NC(=O)C(N)CS)C(=O)NC(CC(N)=O)C(=O)NC(C(=O)O)C(C)C. The molecule has 8 N–H and O–H groups in total. The lowest BCUT2D eigenvalue weighted by molar-refractivity contribution is -0.143. The number of nitrogens with two attached hydrogens (primary N) is 2. The Hall–Kier alpha value is -2.34. The van der Waals surface area contributed by atoms with Gasteiger partial charge in [-0.3, -0.25) is 19.2 Å². The molecule has 0 fully saturated rings. The number of nitrogens with one attached hydrogen (secondary N) is 3. The molecule has 172 valence electrons. The van der Waals surface area contributed by atoms with Crippen molar-refractivity contribution in [2.75, 3.05) is 5.75 Å². The van der Waals surface area contributed by atoms with Crippen LogP contribution in [-0.2, 0) is 24.0 Å². The van der Waals surface area contributed by atoms with Gasteiger partial charge in [-0.05, 0) is 11.8 Å². The van der Waals surface area contributed by atoms with E-state index in [1.165, 1.54) is 0 Å². The first-order valence-corrected chi connectivity index (χ1v) is 10.3. The Morgan fingerprint density at radius 3 is 1.87 bits per heavy atom. The number of rotatable bonds is 13. The van der Waals surface area contributed by atoms with Gasteiger partial charge in [-0.15, -0.1) is 0 Å². The smallest absolute Gasteiger partial charge is 0.326 e. The van der Waals surface area contributed by atoms with Crippen LogP contribution in [-0.4, -0.2) is 64.6 Å². The second-order valence-corrected chi connectivity index (χ2v) is 7.83. The van der Waals surface area contributed by atoms with Crippen molar-refractivity contribution >= 4 is 42.2 Å². The minimum absolute atomic E-state index is 0.0686. The zero-order valence-corrected chi connectivity index (χ0v) is 18.6. The second kappa shape index (κ2) is 13.1. The summed E-state index contributed by atoms with van der Waals surface area (Å²) in [6.45, 7) is 6.72. The van der Waals surface area contributed by atoms with Gasteiger partial charge in [0.2, 0.25) is 23.6 Å². The van der Waals surface area contributed by atoms with Gasteiger partial charge in [-0.1, -0.05) is 34.1 Å².